The van der Waals surface area contributed by atoms with Crippen LogP contribution in [0.5, 0.6) is 0 Å². The summed E-state index contributed by atoms with van der Waals surface area (Å²) in [5, 5.41) is 0. The number of hydrogen-bond donors (Lipinski definition) is 0. The van der Waals surface area contributed by atoms with E-state index < -0.39 is 0 Å². The minimum atomic E-state index is 0.107. The Morgan fingerprint density at radius 2 is 1.79 bits per heavy atom. The van der Waals surface area contributed by atoms with E-state index in [-0.39, 0.29) is 11.9 Å². The molecule has 1 heterocycles. The van der Waals surface area contributed by atoms with Crippen LogP contribution in [-0.2, 0) is 6.42 Å². The number of nitrogens with zero attached hydrogens (tertiary/aromatic N) is 1. The minimum absolute atomic E-state index is 0.107. The molecule has 0 saturated heterocycles. The lowest BCUT2D eigenvalue weighted by atomic mass is 10.1. The monoisotopic (exact) mass is 251 g/mol. The number of rotatable bonds is 1. The number of amides is 1. The Kier molecular flexibility index (Phi) is 2.86. The minimum Gasteiger partial charge on any atom is -0.305 e. The summed E-state index contributed by atoms with van der Waals surface area (Å²) < 4.78 is 0. The normalized spacial score (nSPS) is 17.4. The number of carbonyl (C=O) groups excluding carboxylic acids is 1. The number of carbonyl (C=O) groups is 1. The molecule has 1 amide bonds. The van der Waals surface area contributed by atoms with Gasteiger partial charge in [-0.15, -0.1) is 0 Å². The summed E-state index contributed by atoms with van der Waals surface area (Å²) in [6, 6.07) is 16.2. The van der Waals surface area contributed by atoms with Crippen LogP contribution in [0, 0.1) is 6.92 Å². The van der Waals surface area contributed by atoms with Crippen LogP contribution in [0.1, 0.15) is 28.4 Å². The average Bonchev–Trinajstić information content (AvgIpc) is 2.74. The molecule has 1 aliphatic heterocycles. The maximum atomic E-state index is 12.8. The van der Waals surface area contributed by atoms with E-state index in [1.54, 1.807) is 0 Å². The van der Waals surface area contributed by atoms with Crippen molar-refractivity contribution in [2.75, 3.05) is 4.90 Å². The van der Waals surface area contributed by atoms with Gasteiger partial charge in [0.05, 0.1) is 0 Å². The van der Waals surface area contributed by atoms with Crippen LogP contribution in [0.2, 0.25) is 0 Å². The van der Waals surface area contributed by atoms with Gasteiger partial charge in [0, 0.05) is 17.3 Å². The maximum absolute atomic E-state index is 12.8. The third-order valence-electron chi connectivity index (χ3n) is 3.80. The molecule has 0 aliphatic carbocycles. The molecule has 1 aliphatic rings. The van der Waals surface area contributed by atoms with Crippen molar-refractivity contribution in [2.45, 2.75) is 26.3 Å². The largest absolute Gasteiger partial charge is 0.305 e. The first-order valence-electron chi connectivity index (χ1n) is 6.65. The van der Waals surface area contributed by atoms with Crippen LogP contribution < -0.4 is 4.90 Å². The van der Waals surface area contributed by atoms with Crippen molar-refractivity contribution in [1.82, 2.24) is 0 Å². The Bertz CT molecular complexity index is 633. The van der Waals surface area contributed by atoms with Gasteiger partial charge in [0.1, 0.15) is 0 Å². The third-order valence-corrected chi connectivity index (χ3v) is 3.80. The Labute approximate surface area is 113 Å². The quantitative estimate of drug-likeness (QED) is 0.758. The van der Waals surface area contributed by atoms with Crippen molar-refractivity contribution >= 4 is 11.6 Å². The zero-order chi connectivity index (χ0) is 13.4. The van der Waals surface area contributed by atoms with Gasteiger partial charge in [-0.3, -0.25) is 4.79 Å². The average molecular weight is 251 g/mol. The maximum Gasteiger partial charge on any atom is 0.258 e. The first kappa shape index (κ1) is 12.0. The second-order valence-electron chi connectivity index (χ2n) is 5.17. The van der Waals surface area contributed by atoms with Gasteiger partial charge in [0.25, 0.3) is 5.91 Å². The number of fused-ring (bicyclic) bond motifs is 1. The van der Waals surface area contributed by atoms with E-state index in [0.717, 1.165) is 23.2 Å². The van der Waals surface area contributed by atoms with Crippen LogP contribution in [0.25, 0.3) is 0 Å². The molecule has 1 unspecified atom stereocenters. The van der Waals surface area contributed by atoms with E-state index in [9.17, 15) is 4.79 Å². The first-order chi connectivity index (χ1) is 9.18. The SMILES string of the molecule is Cc1ccccc1C(=O)N1c2ccccc2CC1C. The van der Waals surface area contributed by atoms with E-state index in [4.69, 9.17) is 0 Å². The summed E-state index contributed by atoms with van der Waals surface area (Å²) >= 11 is 0. The molecule has 19 heavy (non-hydrogen) atoms. The molecule has 2 aromatic carbocycles. The molecule has 2 aromatic rings. The van der Waals surface area contributed by atoms with E-state index in [1.165, 1.54) is 5.56 Å². The number of para-hydroxylation sites is 1. The molecule has 2 heteroatoms. The molecule has 0 aromatic heterocycles. The second-order valence-corrected chi connectivity index (χ2v) is 5.17. The van der Waals surface area contributed by atoms with Gasteiger partial charge >= 0.3 is 0 Å². The third kappa shape index (κ3) is 1.93. The van der Waals surface area contributed by atoms with Crippen molar-refractivity contribution < 1.29 is 4.79 Å². The Balaban J connectivity index is 2.03. The van der Waals surface area contributed by atoms with Crippen molar-refractivity contribution in [3.63, 3.8) is 0 Å². The lowest BCUT2D eigenvalue weighted by Crippen LogP contribution is -2.36. The van der Waals surface area contributed by atoms with Crippen LogP contribution in [0.15, 0.2) is 48.5 Å². The molecule has 0 N–H and O–H groups in total. The molecule has 0 spiro atoms. The summed E-state index contributed by atoms with van der Waals surface area (Å²) in [7, 11) is 0. The molecule has 0 saturated carbocycles. The van der Waals surface area contributed by atoms with Gasteiger partial charge in [0.15, 0.2) is 0 Å². The Morgan fingerprint density at radius 3 is 2.58 bits per heavy atom. The lowest BCUT2D eigenvalue weighted by Gasteiger charge is -2.23. The van der Waals surface area contributed by atoms with Crippen LogP contribution in [0.3, 0.4) is 0 Å². The molecule has 3 rings (SSSR count). The molecule has 1 atom stereocenters. The van der Waals surface area contributed by atoms with Crippen LogP contribution in [-0.4, -0.2) is 11.9 Å². The molecular weight excluding hydrogens is 234 g/mol. The number of anilines is 1. The Morgan fingerprint density at radius 1 is 1.11 bits per heavy atom. The van der Waals surface area contributed by atoms with Crippen LogP contribution >= 0.6 is 0 Å². The molecule has 96 valence electrons. The van der Waals surface area contributed by atoms with Gasteiger partial charge in [-0.25, -0.2) is 0 Å². The van der Waals surface area contributed by atoms with Gasteiger partial charge in [-0.1, -0.05) is 36.4 Å². The zero-order valence-corrected chi connectivity index (χ0v) is 11.3. The molecule has 0 bridgehead atoms. The van der Waals surface area contributed by atoms with E-state index in [1.807, 2.05) is 54.3 Å². The zero-order valence-electron chi connectivity index (χ0n) is 11.3. The van der Waals surface area contributed by atoms with Gasteiger partial charge in [-0.05, 0) is 43.5 Å². The number of aryl methyl sites for hydroxylation is 1. The fraction of sp³-hybridized carbons (Fsp3) is 0.235. The molecular formula is C17H17NO. The predicted molar refractivity (Wildman–Crippen MR) is 77.6 cm³/mol. The summed E-state index contributed by atoms with van der Waals surface area (Å²) in [5.41, 5.74) is 4.15. The Hall–Kier alpha value is -2.09. The standard InChI is InChI=1S/C17H17NO/c1-12-7-3-5-9-15(12)17(19)18-13(2)11-14-8-4-6-10-16(14)18/h3-10,13H,11H2,1-2H3. The van der Waals surface area contributed by atoms with Crippen LogP contribution in [0.4, 0.5) is 5.69 Å². The summed E-state index contributed by atoms with van der Waals surface area (Å²) in [5.74, 6) is 0.107. The van der Waals surface area contributed by atoms with Crippen molar-refractivity contribution in [3.8, 4) is 0 Å². The predicted octanol–water partition coefficient (Wildman–Crippen LogP) is 3.59. The van der Waals surface area contributed by atoms with Gasteiger partial charge < -0.3 is 4.90 Å². The fourth-order valence-electron chi connectivity index (χ4n) is 2.82. The first-order valence-corrected chi connectivity index (χ1v) is 6.65. The van der Waals surface area contributed by atoms with Crippen molar-refractivity contribution in [3.05, 3.63) is 65.2 Å². The molecule has 0 fully saturated rings. The van der Waals surface area contributed by atoms with Crippen molar-refractivity contribution in [1.29, 1.82) is 0 Å². The van der Waals surface area contributed by atoms with Crippen molar-refractivity contribution in [2.24, 2.45) is 0 Å². The number of benzene rings is 2. The molecule has 2 nitrogen and oxygen atoms in total. The number of hydrogen-bond acceptors (Lipinski definition) is 1. The topological polar surface area (TPSA) is 20.3 Å². The summed E-state index contributed by atoms with van der Waals surface area (Å²) in [4.78, 5) is 14.7. The summed E-state index contributed by atoms with van der Waals surface area (Å²) in [6.07, 6.45) is 0.938. The second kappa shape index (κ2) is 4.54. The highest BCUT2D eigenvalue weighted by atomic mass is 16.2. The highest BCUT2D eigenvalue weighted by Crippen LogP contribution is 2.33. The highest BCUT2D eigenvalue weighted by Gasteiger charge is 2.31. The highest BCUT2D eigenvalue weighted by molar-refractivity contribution is 6.08. The molecule has 0 radical (unpaired) electrons. The van der Waals surface area contributed by atoms with E-state index in [0.29, 0.717) is 0 Å². The lowest BCUT2D eigenvalue weighted by molar-refractivity contribution is 0.0981. The smallest absolute Gasteiger partial charge is 0.258 e. The van der Waals surface area contributed by atoms with Gasteiger partial charge in [0.2, 0.25) is 0 Å². The van der Waals surface area contributed by atoms with Gasteiger partial charge in [-0.2, -0.15) is 0 Å². The van der Waals surface area contributed by atoms with E-state index >= 15 is 0 Å². The summed E-state index contributed by atoms with van der Waals surface area (Å²) in [6.45, 7) is 4.09. The fourth-order valence-corrected chi connectivity index (χ4v) is 2.82. The van der Waals surface area contributed by atoms with E-state index in [2.05, 4.69) is 13.0 Å².